The van der Waals surface area contributed by atoms with Crippen molar-refractivity contribution in [2.24, 2.45) is 0 Å². The quantitative estimate of drug-likeness (QED) is 0.816. The highest BCUT2D eigenvalue weighted by molar-refractivity contribution is 8.00. The van der Waals surface area contributed by atoms with Crippen molar-refractivity contribution in [1.29, 1.82) is 0 Å². The van der Waals surface area contributed by atoms with Crippen molar-refractivity contribution in [3.63, 3.8) is 0 Å². The third kappa shape index (κ3) is 2.60. The minimum atomic E-state index is -1.24. The topological polar surface area (TPSA) is 92.4 Å². The zero-order valence-corrected chi connectivity index (χ0v) is 10.0. The van der Waals surface area contributed by atoms with Gasteiger partial charge in [-0.25, -0.2) is 4.79 Å². The van der Waals surface area contributed by atoms with Crippen molar-refractivity contribution in [1.82, 2.24) is 10.5 Å². The first-order valence-electron chi connectivity index (χ1n) is 5.10. The Morgan fingerprint density at radius 2 is 2.35 bits per heavy atom. The summed E-state index contributed by atoms with van der Waals surface area (Å²) in [5.41, 5.74) is -0.000645. The van der Waals surface area contributed by atoms with E-state index in [9.17, 15) is 9.59 Å². The maximum absolute atomic E-state index is 11.6. The number of carboxylic acid groups (broad SMARTS) is 1. The second kappa shape index (κ2) is 4.40. The highest BCUT2D eigenvalue weighted by Crippen LogP contribution is 2.46. The molecule has 1 fully saturated rings. The van der Waals surface area contributed by atoms with Crippen molar-refractivity contribution in [2.45, 2.75) is 17.6 Å². The molecule has 1 heterocycles. The van der Waals surface area contributed by atoms with Gasteiger partial charge in [-0.15, -0.1) is 0 Å². The Morgan fingerprint density at radius 1 is 1.65 bits per heavy atom. The molecular formula is C10H12N2O4S. The van der Waals surface area contributed by atoms with Gasteiger partial charge in [-0.1, -0.05) is 5.16 Å². The molecule has 0 spiro atoms. The largest absolute Gasteiger partial charge is 0.475 e. The van der Waals surface area contributed by atoms with Gasteiger partial charge in [-0.3, -0.25) is 4.79 Å². The van der Waals surface area contributed by atoms with E-state index < -0.39 is 11.9 Å². The number of carboxylic acids is 1. The van der Waals surface area contributed by atoms with Gasteiger partial charge in [-0.2, -0.15) is 11.8 Å². The van der Waals surface area contributed by atoms with Gasteiger partial charge >= 0.3 is 5.97 Å². The molecule has 1 aliphatic carbocycles. The van der Waals surface area contributed by atoms with Crippen LogP contribution >= 0.6 is 11.8 Å². The van der Waals surface area contributed by atoms with Crippen molar-refractivity contribution >= 4 is 23.6 Å². The third-order valence-electron chi connectivity index (χ3n) is 2.77. The fraction of sp³-hybridized carbons (Fsp3) is 0.500. The van der Waals surface area contributed by atoms with E-state index in [4.69, 9.17) is 5.11 Å². The lowest BCUT2D eigenvalue weighted by Crippen LogP contribution is -2.31. The summed E-state index contributed by atoms with van der Waals surface area (Å²) >= 11 is 1.73. The average molecular weight is 256 g/mol. The van der Waals surface area contributed by atoms with Crippen molar-refractivity contribution < 1.29 is 19.2 Å². The zero-order chi connectivity index (χ0) is 12.5. The molecular weight excluding hydrogens is 244 g/mol. The number of aromatic nitrogens is 1. The Hall–Kier alpha value is -1.50. The van der Waals surface area contributed by atoms with Gasteiger partial charge in [0.05, 0.1) is 0 Å². The van der Waals surface area contributed by atoms with Gasteiger partial charge in [0.2, 0.25) is 5.76 Å². The summed E-state index contributed by atoms with van der Waals surface area (Å²) in [6.45, 7) is 0.572. The van der Waals surface area contributed by atoms with Gasteiger partial charge in [0.15, 0.2) is 5.69 Å². The highest BCUT2D eigenvalue weighted by Gasteiger charge is 2.42. The monoisotopic (exact) mass is 256 g/mol. The third-order valence-corrected chi connectivity index (χ3v) is 4.18. The first-order chi connectivity index (χ1) is 8.06. The van der Waals surface area contributed by atoms with Crippen LogP contribution in [0.3, 0.4) is 0 Å². The molecule has 92 valence electrons. The van der Waals surface area contributed by atoms with Gasteiger partial charge in [0.25, 0.3) is 5.91 Å². The summed E-state index contributed by atoms with van der Waals surface area (Å²) in [4.78, 5) is 22.2. The van der Waals surface area contributed by atoms with Crippen LogP contribution in [0, 0.1) is 0 Å². The minimum absolute atomic E-state index is 0.000645. The number of hydrogen-bond donors (Lipinski definition) is 2. The fourth-order valence-corrected chi connectivity index (χ4v) is 2.13. The Balaban J connectivity index is 1.93. The number of hydrogen-bond acceptors (Lipinski definition) is 5. The molecule has 0 unspecified atom stereocenters. The van der Waals surface area contributed by atoms with Crippen LogP contribution in [0.5, 0.6) is 0 Å². The van der Waals surface area contributed by atoms with Gasteiger partial charge in [0.1, 0.15) is 0 Å². The average Bonchev–Trinajstić information content (AvgIpc) is 2.92. The first-order valence-corrected chi connectivity index (χ1v) is 6.32. The molecule has 6 nitrogen and oxygen atoms in total. The lowest BCUT2D eigenvalue weighted by molar-refractivity contribution is 0.0651. The van der Waals surface area contributed by atoms with E-state index in [2.05, 4.69) is 15.0 Å². The van der Waals surface area contributed by atoms with Gasteiger partial charge < -0.3 is 14.9 Å². The second-order valence-electron chi connectivity index (χ2n) is 3.95. The number of amides is 1. The van der Waals surface area contributed by atoms with E-state index in [0.29, 0.717) is 6.54 Å². The Bertz CT molecular complexity index is 453. The molecule has 0 bridgehead atoms. The maximum Gasteiger partial charge on any atom is 0.374 e. The van der Waals surface area contributed by atoms with Crippen molar-refractivity contribution in [3.05, 3.63) is 17.5 Å². The van der Waals surface area contributed by atoms with E-state index in [1.54, 1.807) is 11.8 Å². The predicted molar refractivity (Wildman–Crippen MR) is 61.3 cm³/mol. The minimum Gasteiger partial charge on any atom is -0.475 e. The molecule has 0 aromatic carbocycles. The number of rotatable bonds is 5. The highest BCUT2D eigenvalue weighted by atomic mass is 32.2. The summed E-state index contributed by atoms with van der Waals surface area (Å²) in [7, 11) is 0. The number of nitrogens with one attached hydrogen (secondary N) is 1. The van der Waals surface area contributed by atoms with E-state index in [1.165, 1.54) is 0 Å². The summed E-state index contributed by atoms with van der Waals surface area (Å²) < 4.78 is 4.67. The molecule has 0 atom stereocenters. The molecule has 1 saturated carbocycles. The lowest BCUT2D eigenvalue weighted by atomic mass is 10.3. The molecule has 0 aliphatic heterocycles. The van der Waals surface area contributed by atoms with E-state index in [1.807, 2.05) is 6.26 Å². The van der Waals surface area contributed by atoms with Crippen LogP contribution in [-0.4, -0.2) is 39.7 Å². The van der Waals surface area contributed by atoms with Crippen molar-refractivity contribution in [3.8, 4) is 0 Å². The number of carbonyl (C=O) groups excluding carboxylic acids is 1. The molecule has 1 aromatic heterocycles. The SMILES string of the molecule is CSC1(CNC(=O)c2cc(C(=O)O)on2)CC1. The molecule has 17 heavy (non-hydrogen) atoms. The second-order valence-corrected chi connectivity index (χ2v) is 5.23. The smallest absolute Gasteiger partial charge is 0.374 e. The van der Waals surface area contributed by atoms with E-state index in [-0.39, 0.29) is 16.2 Å². The molecule has 7 heteroatoms. The molecule has 1 amide bonds. The van der Waals surface area contributed by atoms with Crippen LogP contribution in [0.25, 0.3) is 0 Å². The number of aromatic carboxylic acids is 1. The maximum atomic E-state index is 11.6. The summed E-state index contributed by atoms with van der Waals surface area (Å²) in [6.07, 6.45) is 4.19. The zero-order valence-electron chi connectivity index (χ0n) is 9.23. The van der Waals surface area contributed by atoms with Crippen LogP contribution in [0.2, 0.25) is 0 Å². The van der Waals surface area contributed by atoms with E-state index in [0.717, 1.165) is 18.9 Å². The molecule has 0 radical (unpaired) electrons. The van der Waals surface area contributed by atoms with Crippen LogP contribution < -0.4 is 5.32 Å². The number of thioether (sulfide) groups is 1. The van der Waals surface area contributed by atoms with Crippen LogP contribution in [0.15, 0.2) is 10.6 Å². The predicted octanol–water partition coefficient (Wildman–Crippen LogP) is 0.998. The van der Waals surface area contributed by atoms with Gasteiger partial charge in [0, 0.05) is 17.4 Å². The van der Waals surface area contributed by atoms with Crippen molar-refractivity contribution in [2.75, 3.05) is 12.8 Å². The summed E-state index contributed by atoms with van der Waals surface area (Å²) in [5, 5.41) is 14.8. The van der Waals surface area contributed by atoms with E-state index >= 15 is 0 Å². The van der Waals surface area contributed by atoms with Crippen LogP contribution in [0.1, 0.15) is 33.9 Å². The van der Waals surface area contributed by atoms with Gasteiger partial charge in [-0.05, 0) is 19.1 Å². The standard InChI is InChI=1S/C10H12N2O4S/c1-17-10(2-3-10)5-11-8(13)6-4-7(9(14)15)16-12-6/h4H,2-3,5H2,1H3,(H,11,13)(H,14,15). The Kier molecular flexibility index (Phi) is 3.10. The molecule has 2 N–H and O–H groups in total. The molecule has 1 aromatic rings. The normalized spacial score (nSPS) is 16.5. The number of nitrogens with zero attached hydrogens (tertiary/aromatic N) is 1. The molecule has 2 rings (SSSR count). The number of carbonyl (C=O) groups is 2. The lowest BCUT2D eigenvalue weighted by Gasteiger charge is -2.11. The van der Waals surface area contributed by atoms with Crippen LogP contribution in [-0.2, 0) is 0 Å². The fourth-order valence-electron chi connectivity index (χ4n) is 1.41. The Morgan fingerprint density at radius 3 is 2.82 bits per heavy atom. The molecule has 1 aliphatic rings. The summed E-state index contributed by atoms with van der Waals surface area (Å²) in [6, 6.07) is 1.12. The first kappa shape index (κ1) is 12.0. The Labute approximate surface area is 102 Å². The summed E-state index contributed by atoms with van der Waals surface area (Å²) in [5.74, 6) is -1.97. The van der Waals surface area contributed by atoms with Crippen LogP contribution in [0.4, 0.5) is 0 Å². The molecule has 0 saturated heterocycles.